The van der Waals surface area contributed by atoms with Crippen LogP contribution < -0.4 is 5.43 Å². The molecule has 0 aromatic heterocycles. The van der Waals surface area contributed by atoms with Gasteiger partial charge in [-0.1, -0.05) is 30.7 Å². The first-order valence-corrected chi connectivity index (χ1v) is 5.71. The summed E-state index contributed by atoms with van der Waals surface area (Å²) in [5.41, 5.74) is 4.49. The maximum Gasteiger partial charge on any atom is 0.305 e. The molecule has 0 bridgehead atoms. The molecule has 0 unspecified atom stereocenters. The van der Waals surface area contributed by atoms with Crippen LogP contribution in [0.4, 0.5) is 5.69 Å². The minimum Gasteiger partial charge on any atom is -0.460 e. The van der Waals surface area contributed by atoms with E-state index < -0.39 is 0 Å². The molecule has 0 spiro atoms. The molecule has 0 radical (unpaired) electrons. The van der Waals surface area contributed by atoms with E-state index in [1.807, 2.05) is 25.1 Å². The molecule has 1 N–H and O–H groups in total. The highest BCUT2D eigenvalue weighted by Gasteiger charge is 2.00. The SMILES string of the molecule is CCC(=O)OC/C=N\Nc1cccc(C)c1Cl. The van der Waals surface area contributed by atoms with Crippen LogP contribution in [-0.2, 0) is 9.53 Å². The van der Waals surface area contributed by atoms with Crippen LogP contribution in [0.1, 0.15) is 18.9 Å². The Morgan fingerprint density at radius 3 is 3.06 bits per heavy atom. The number of nitrogens with zero attached hydrogens (tertiary/aromatic N) is 1. The molecule has 4 nitrogen and oxygen atoms in total. The lowest BCUT2D eigenvalue weighted by Crippen LogP contribution is -2.05. The quantitative estimate of drug-likeness (QED) is 0.499. The van der Waals surface area contributed by atoms with Crippen LogP contribution in [-0.4, -0.2) is 18.8 Å². The van der Waals surface area contributed by atoms with E-state index in [1.54, 1.807) is 6.92 Å². The van der Waals surface area contributed by atoms with E-state index in [4.69, 9.17) is 16.3 Å². The zero-order chi connectivity index (χ0) is 12.7. The molecule has 17 heavy (non-hydrogen) atoms. The lowest BCUT2D eigenvalue weighted by molar-refractivity contribution is -0.141. The molecule has 0 heterocycles. The van der Waals surface area contributed by atoms with E-state index in [-0.39, 0.29) is 12.6 Å². The second-order valence-electron chi connectivity index (χ2n) is 3.40. The highest BCUT2D eigenvalue weighted by Crippen LogP contribution is 2.24. The maximum atomic E-state index is 10.8. The van der Waals surface area contributed by atoms with Gasteiger partial charge in [-0.3, -0.25) is 10.2 Å². The lowest BCUT2D eigenvalue weighted by Gasteiger charge is -2.05. The minimum absolute atomic E-state index is 0.156. The molecule has 0 amide bonds. The van der Waals surface area contributed by atoms with Gasteiger partial charge in [0.2, 0.25) is 0 Å². The number of rotatable bonds is 5. The molecule has 92 valence electrons. The number of halogens is 1. The molecule has 1 rings (SSSR count). The Bertz CT molecular complexity index is 419. The topological polar surface area (TPSA) is 50.7 Å². The summed E-state index contributed by atoms with van der Waals surface area (Å²) in [4.78, 5) is 10.8. The smallest absolute Gasteiger partial charge is 0.305 e. The fourth-order valence-electron chi connectivity index (χ4n) is 1.12. The number of anilines is 1. The summed E-state index contributed by atoms with van der Waals surface area (Å²) < 4.78 is 4.82. The zero-order valence-electron chi connectivity index (χ0n) is 9.87. The van der Waals surface area contributed by atoms with Crippen LogP contribution in [0.2, 0.25) is 5.02 Å². The van der Waals surface area contributed by atoms with E-state index in [2.05, 4.69) is 10.5 Å². The van der Waals surface area contributed by atoms with Crippen molar-refractivity contribution >= 4 is 29.5 Å². The molecular weight excluding hydrogens is 240 g/mol. The monoisotopic (exact) mass is 254 g/mol. The molecule has 0 atom stereocenters. The van der Waals surface area contributed by atoms with E-state index in [1.165, 1.54) is 6.21 Å². The van der Waals surface area contributed by atoms with Gasteiger partial charge >= 0.3 is 5.97 Å². The van der Waals surface area contributed by atoms with Crippen molar-refractivity contribution in [3.8, 4) is 0 Å². The number of nitrogens with one attached hydrogen (secondary N) is 1. The van der Waals surface area contributed by atoms with Crippen LogP contribution in [0.15, 0.2) is 23.3 Å². The number of ether oxygens (including phenoxy) is 1. The van der Waals surface area contributed by atoms with Crippen molar-refractivity contribution in [2.45, 2.75) is 20.3 Å². The number of esters is 1. The third-order valence-electron chi connectivity index (χ3n) is 2.08. The largest absolute Gasteiger partial charge is 0.460 e. The number of benzene rings is 1. The Labute approximate surface area is 106 Å². The van der Waals surface area contributed by atoms with Gasteiger partial charge in [0.15, 0.2) is 0 Å². The Morgan fingerprint density at radius 2 is 2.35 bits per heavy atom. The van der Waals surface area contributed by atoms with Crippen LogP contribution in [0.25, 0.3) is 0 Å². The van der Waals surface area contributed by atoms with Crippen molar-refractivity contribution in [2.24, 2.45) is 5.10 Å². The Kier molecular flexibility index (Phi) is 5.49. The van der Waals surface area contributed by atoms with Gasteiger partial charge in [-0.05, 0) is 18.6 Å². The summed E-state index contributed by atoms with van der Waals surface area (Å²) in [6, 6.07) is 5.63. The van der Waals surface area contributed by atoms with Crippen molar-refractivity contribution in [1.82, 2.24) is 0 Å². The number of hydrogen-bond donors (Lipinski definition) is 1. The highest BCUT2D eigenvalue weighted by molar-refractivity contribution is 6.33. The Balaban J connectivity index is 2.42. The second kappa shape index (κ2) is 6.91. The van der Waals surface area contributed by atoms with Gasteiger partial charge in [-0.15, -0.1) is 0 Å². The third kappa shape index (κ3) is 4.44. The highest BCUT2D eigenvalue weighted by atomic mass is 35.5. The first kappa shape index (κ1) is 13.5. The summed E-state index contributed by atoms with van der Waals surface area (Å²) in [5.74, 6) is -0.245. The molecular formula is C12H15ClN2O2. The molecule has 0 saturated heterocycles. The number of carbonyl (C=O) groups excluding carboxylic acids is 1. The van der Waals surface area contributed by atoms with E-state index in [0.29, 0.717) is 11.4 Å². The summed E-state index contributed by atoms with van der Waals surface area (Å²) in [7, 11) is 0. The average molecular weight is 255 g/mol. The molecule has 0 aliphatic carbocycles. The normalized spacial score (nSPS) is 10.5. The molecule has 0 saturated carbocycles. The maximum absolute atomic E-state index is 10.8. The number of carbonyl (C=O) groups is 1. The van der Waals surface area contributed by atoms with Gasteiger partial charge in [0.25, 0.3) is 0 Å². The Hall–Kier alpha value is -1.55. The van der Waals surface area contributed by atoms with Gasteiger partial charge in [0.05, 0.1) is 16.9 Å². The van der Waals surface area contributed by atoms with Gasteiger partial charge in [-0.25, -0.2) is 0 Å². The van der Waals surface area contributed by atoms with Gasteiger partial charge < -0.3 is 4.74 Å². The first-order chi connectivity index (χ1) is 8.15. The third-order valence-corrected chi connectivity index (χ3v) is 2.58. The second-order valence-corrected chi connectivity index (χ2v) is 3.77. The minimum atomic E-state index is -0.245. The molecule has 0 aliphatic heterocycles. The number of aryl methyl sites for hydroxylation is 1. The molecule has 0 fully saturated rings. The molecule has 0 aliphatic rings. The van der Waals surface area contributed by atoms with Gasteiger partial charge in [0, 0.05) is 6.42 Å². The van der Waals surface area contributed by atoms with Crippen LogP contribution >= 0.6 is 11.6 Å². The summed E-state index contributed by atoms with van der Waals surface area (Å²) in [6.07, 6.45) is 1.84. The van der Waals surface area contributed by atoms with Crippen LogP contribution in [0.5, 0.6) is 0 Å². The fourth-order valence-corrected chi connectivity index (χ4v) is 1.29. The van der Waals surface area contributed by atoms with Crippen LogP contribution in [0, 0.1) is 6.92 Å². The Morgan fingerprint density at radius 1 is 1.59 bits per heavy atom. The fraction of sp³-hybridized carbons (Fsp3) is 0.333. The van der Waals surface area contributed by atoms with Crippen molar-refractivity contribution in [3.63, 3.8) is 0 Å². The summed E-state index contributed by atoms with van der Waals surface area (Å²) in [5, 5.41) is 4.55. The first-order valence-electron chi connectivity index (χ1n) is 5.33. The standard InChI is InChI=1S/C12H15ClN2O2/c1-3-11(16)17-8-7-14-15-10-6-4-5-9(2)12(10)13/h4-7,15H,3,8H2,1-2H3/b14-7-. The summed E-state index contributed by atoms with van der Waals surface area (Å²) in [6.45, 7) is 3.81. The van der Waals surface area contributed by atoms with Crippen molar-refractivity contribution in [2.75, 3.05) is 12.0 Å². The van der Waals surface area contributed by atoms with Gasteiger partial charge in [-0.2, -0.15) is 5.10 Å². The van der Waals surface area contributed by atoms with E-state index in [0.717, 1.165) is 11.3 Å². The van der Waals surface area contributed by atoms with E-state index in [9.17, 15) is 4.79 Å². The van der Waals surface area contributed by atoms with Crippen molar-refractivity contribution in [3.05, 3.63) is 28.8 Å². The molecule has 5 heteroatoms. The van der Waals surface area contributed by atoms with E-state index >= 15 is 0 Å². The molecule has 1 aromatic carbocycles. The van der Waals surface area contributed by atoms with Gasteiger partial charge in [0.1, 0.15) is 6.61 Å². The predicted octanol–water partition coefficient (Wildman–Crippen LogP) is 3.00. The lowest BCUT2D eigenvalue weighted by atomic mass is 10.2. The van der Waals surface area contributed by atoms with Crippen LogP contribution in [0.3, 0.4) is 0 Å². The number of hydrogen-bond acceptors (Lipinski definition) is 4. The number of hydrazone groups is 1. The molecule has 1 aromatic rings. The average Bonchev–Trinajstić information content (AvgIpc) is 2.33. The predicted molar refractivity (Wildman–Crippen MR) is 69.6 cm³/mol. The van der Waals surface area contributed by atoms with Crippen molar-refractivity contribution < 1.29 is 9.53 Å². The summed E-state index contributed by atoms with van der Waals surface area (Å²) >= 11 is 6.06. The zero-order valence-corrected chi connectivity index (χ0v) is 10.6. The van der Waals surface area contributed by atoms with Crippen molar-refractivity contribution in [1.29, 1.82) is 0 Å².